The Hall–Kier alpha value is -6.84. The van der Waals surface area contributed by atoms with Gasteiger partial charge in [0.05, 0.1) is 54.1 Å². The predicted octanol–water partition coefficient (Wildman–Crippen LogP) is 6.06. The molecule has 4 bridgehead atoms. The van der Waals surface area contributed by atoms with E-state index in [1.807, 2.05) is 60.6 Å². The molecule has 3 aliphatic rings. The summed E-state index contributed by atoms with van der Waals surface area (Å²) in [4.78, 5) is 75.1. The Kier molecular flexibility index (Phi) is 27.4. The molecule has 20 nitrogen and oxygen atoms in total. The largest absolute Gasteiger partial charge is 0.505 e. The third-order valence-electron chi connectivity index (χ3n) is 14.2. The SMILES string of the molecule is CNC1=C2C[C@@H](C)C[C@H](OC)[C@H](O)[C@@H](C)/C=C(\C)[C@H](OC(N)=O)[C@@H](C)/C=C\C=C(/C)C(=O)NC(=CC1=O)C2=O.C[NH2+]c1c(O)cc2c(O)c1C[C@@H](C)C[C@H](OC)[C@H](O)[C@@H](C)/C=C(\C)[C@H](OC(N)=O)[C@@H](C)/C=C\C=C(/C)C(=O)N2.[CH3-]. The van der Waals surface area contributed by atoms with Gasteiger partial charge in [0, 0.05) is 73.8 Å². The summed E-state index contributed by atoms with van der Waals surface area (Å²) in [6, 6.07) is 1.33. The lowest BCUT2D eigenvalue weighted by atomic mass is 9.85. The molecule has 1 aliphatic carbocycles. The molecule has 0 unspecified atom stereocenters. The molecule has 1 aromatic carbocycles. The highest BCUT2D eigenvalue weighted by Crippen LogP contribution is 2.40. The summed E-state index contributed by atoms with van der Waals surface area (Å²) < 4.78 is 22.1. The average molecular weight is 1110 g/mol. The number of carbonyl (C=O) groups excluding carboxylic acids is 6. The minimum absolute atomic E-state index is 0. The van der Waals surface area contributed by atoms with Crippen LogP contribution in [0.3, 0.4) is 0 Å². The molecule has 2 aliphatic heterocycles. The van der Waals surface area contributed by atoms with Crippen LogP contribution in [0.1, 0.15) is 94.1 Å². The van der Waals surface area contributed by atoms with E-state index in [0.717, 1.165) is 11.6 Å². The second-order valence-electron chi connectivity index (χ2n) is 20.8. The maximum absolute atomic E-state index is 13.3. The molecule has 0 saturated heterocycles. The molecular weight excluding hydrogens is 1020 g/mol. The molecule has 0 saturated carbocycles. The third kappa shape index (κ3) is 19.2. The van der Waals surface area contributed by atoms with Crippen molar-refractivity contribution < 1.29 is 73.5 Å². The van der Waals surface area contributed by atoms with Crippen LogP contribution in [-0.4, -0.2) is 121 Å². The number of amides is 4. The predicted molar refractivity (Wildman–Crippen MR) is 303 cm³/mol. The molecule has 20 heteroatoms. The number of anilines is 1. The van der Waals surface area contributed by atoms with Crippen LogP contribution in [0.5, 0.6) is 11.5 Å². The number of rotatable bonds is 6. The zero-order valence-electron chi connectivity index (χ0n) is 48.6. The molecule has 438 valence electrons. The number of hydrogen-bond acceptors (Lipinski definition) is 15. The first-order valence-corrected chi connectivity index (χ1v) is 26.2. The number of ketones is 2. The van der Waals surface area contributed by atoms with Gasteiger partial charge in [0.15, 0.2) is 11.4 Å². The highest BCUT2D eigenvalue weighted by atomic mass is 16.6. The Labute approximate surface area is 466 Å². The number of nitrogens with one attached hydrogen (secondary N) is 3. The molecule has 2 heterocycles. The minimum atomic E-state index is -0.928. The molecule has 0 radical (unpaired) electrons. The number of aromatic hydroxyl groups is 2. The molecule has 4 amide bonds. The molecule has 0 spiro atoms. The number of allylic oxidation sites excluding steroid dienone is 6. The van der Waals surface area contributed by atoms with Gasteiger partial charge in [-0.25, -0.2) is 9.59 Å². The lowest BCUT2D eigenvalue weighted by molar-refractivity contribution is -0.540. The summed E-state index contributed by atoms with van der Waals surface area (Å²) in [5.74, 6) is -3.59. The van der Waals surface area contributed by atoms with Crippen LogP contribution in [0.15, 0.2) is 100 Å². The van der Waals surface area contributed by atoms with Crippen molar-refractivity contribution in [2.24, 2.45) is 47.0 Å². The molecule has 1 aromatic rings. The molecule has 4 rings (SSSR count). The van der Waals surface area contributed by atoms with Crippen LogP contribution in [-0.2, 0) is 44.5 Å². The zero-order valence-corrected chi connectivity index (χ0v) is 48.6. The fourth-order valence-electron chi connectivity index (χ4n) is 9.93. The van der Waals surface area contributed by atoms with E-state index in [2.05, 4.69) is 16.0 Å². The minimum Gasteiger partial charge on any atom is -0.505 e. The highest BCUT2D eigenvalue weighted by molar-refractivity contribution is 6.23. The number of aliphatic hydroxyl groups excluding tert-OH is 2. The lowest BCUT2D eigenvalue weighted by Gasteiger charge is -2.29. The zero-order chi connectivity index (χ0) is 58.9. The highest BCUT2D eigenvalue weighted by Gasteiger charge is 2.34. The number of phenolic OH excluding ortho intramolecular Hbond substituents is 2. The number of fused-ring (bicyclic) bond motifs is 4. The normalized spacial score (nSPS) is 31.6. The van der Waals surface area contributed by atoms with Crippen molar-refractivity contribution in [3.63, 3.8) is 0 Å². The molecule has 0 fully saturated rings. The van der Waals surface area contributed by atoms with Crippen molar-refractivity contribution in [2.75, 3.05) is 33.6 Å². The quantitative estimate of drug-likeness (QED) is 0.0387. The smallest absolute Gasteiger partial charge is 0.405 e. The average Bonchev–Trinajstić information content (AvgIpc) is 3.39. The number of ether oxygens (including phenoxy) is 4. The first-order valence-electron chi connectivity index (χ1n) is 26.2. The van der Waals surface area contributed by atoms with Gasteiger partial charge < -0.3 is 79.5 Å². The Morgan fingerprint density at radius 3 is 1.57 bits per heavy atom. The number of benzene rings is 1. The monoisotopic (exact) mass is 1100 g/mol. The third-order valence-corrected chi connectivity index (χ3v) is 14.2. The van der Waals surface area contributed by atoms with Gasteiger partial charge in [-0.2, -0.15) is 0 Å². The maximum atomic E-state index is 13.3. The van der Waals surface area contributed by atoms with Crippen molar-refractivity contribution in [1.82, 2.24) is 10.6 Å². The number of primary amides is 2. The van der Waals surface area contributed by atoms with Gasteiger partial charge in [0.2, 0.25) is 11.6 Å². The van der Waals surface area contributed by atoms with Crippen LogP contribution in [0.4, 0.5) is 21.0 Å². The number of methoxy groups -OCH3 is 2. The van der Waals surface area contributed by atoms with Crippen LogP contribution >= 0.6 is 0 Å². The molecule has 0 aromatic heterocycles. The Morgan fingerprint density at radius 1 is 0.709 bits per heavy atom. The number of nitrogens with two attached hydrogens (primary N) is 3. The summed E-state index contributed by atoms with van der Waals surface area (Å²) in [5, 5.41) is 53.8. The number of aliphatic hydroxyl groups is 2. The van der Waals surface area contributed by atoms with E-state index in [9.17, 15) is 49.2 Å². The van der Waals surface area contributed by atoms with Gasteiger partial charge in [-0.1, -0.05) is 90.2 Å². The second-order valence-corrected chi connectivity index (χ2v) is 20.8. The van der Waals surface area contributed by atoms with Crippen LogP contribution in [0, 0.1) is 42.9 Å². The molecule has 79 heavy (non-hydrogen) atoms. The van der Waals surface area contributed by atoms with Crippen LogP contribution in [0.25, 0.3) is 0 Å². The van der Waals surface area contributed by atoms with E-state index in [-0.39, 0.29) is 83.5 Å². The first kappa shape index (κ1) is 68.3. The molecule has 12 atom stereocenters. The second kappa shape index (κ2) is 31.7. The van der Waals surface area contributed by atoms with Crippen molar-refractivity contribution in [1.29, 1.82) is 0 Å². The topological polar surface area (TPSA) is 325 Å². The van der Waals surface area contributed by atoms with E-state index in [0.29, 0.717) is 47.2 Å². The van der Waals surface area contributed by atoms with Crippen molar-refractivity contribution in [3.05, 3.63) is 113 Å². The first-order chi connectivity index (χ1) is 36.6. The summed E-state index contributed by atoms with van der Waals surface area (Å²) in [7, 11) is 6.36. The summed E-state index contributed by atoms with van der Waals surface area (Å²) in [6.45, 7) is 18.0. The standard InChI is InChI=1S/C29H43N3O7.C29H41N3O7.CH3/c2*1-15-11-20-24(31-6)22(33)14-21(26(20)35)32-28(36)17(3)10-8-9-16(2)27(39-29(30)37)19(5)13-18(4)25(34)23(12-15)38-7;/h8-10,13-16,18,23,25,27,31,33-35H,11-12H2,1-7H3,(H2,30,37)(H,32,36);8-10,13-16,18,23,25,27,31,34H,11-12H2,1-7H3,(H2,30,37)(H,32,36);1H3/q;;-1/p+1/b2*9-8-,17-10+,19-13+;/t2*15-,16+,18+,23+,25-,27-;/m11./s1. The number of likely N-dealkylation sites (N-methyl/N-ethyl adjacent to an activating group) is 1. The van der Waals surface area contributed by atoms with E-state index in [1.54, 1.807) is 76.6 Å². The summed E-state index contributed by atoms with van der Waals surface area (Å²) in [6.07, 6.45) is 10.1. The van der Waals surface area contributed by atoms with Gasteiger partial charge in [-0.3, -0.25) is 19.2 Å². The maximum Gasteiger partial charge on any atom is 0.405 e. The van der Waals surface area contributed by atoms with Gasteiger partial charge in [-0.05, 0) is 76.4 Å². The van der Waals surface area contributed by atoms with E-state index < -0.39 is 72.2 Å². The van der Waals surface area contributed by atoms with Crippen molar-refractivity contribution in [3.8, 4) is 11.5 Å². The number of quaternary nitrogens is 1. The van der Waals surface area contributed by atoms with Crippen LogP contribution in [0.2, 0.25) is 0 Å². The van der Waals surface area contributed by atoms with Gasteiger partial charge in [0.1, 0.15) is 18.0 Å². The fraction of sp³-hybridized carbons (Fsp3) is 0.508. The van der Waals surface area contributed by atoms with E-state index in [1.165, 1.54) is 20.3 Å². The Morgan fingerprint density at radius 2 is 1.15 bits per heavy atom. The number of hydrogen-bond donors (Lipinski definition) is 10. The summed E-state index contributed by atoms with van der Waals surface area (Å²) >= 11 is 0. The van der Waals surface area contributed by atoms with Crippen molar-refractivity contribution >= 4 is 46.9 Å². The number of Topliss-reactive ketones (excluding diaryl/α,β-unsaturated/α-hetero) is 1. The molecular formula is C59H88N6O14. The number of carbonyl (C=O) groups is 6. The Balaban J connectivity index is 0.000000533. The Bertz CT molecular complexity index is 2610. The van der Waals surface area contributed by atoms with Gasteiger partial charge in [0.25, 0.3) is 11.8 Å². The lowest BCUT2D eigenvalue weighted by Crippen LogP contribution is -2.73. The number of phenols is 2. The summed E-state index contributed by atoms with van der Waals surface area (Å²) in [5.41, 5.74) is 14.2. The van der Waals surface area contributed by atoms with Crippen molar-refractivity contribution in [2.45, 2.75) is 132 Å². The van der Waals surface area contributed by atoms with Crippen LogP contribution < -0.4 is 32.7 Å². The molecule has 13 N–H and O–H groups in total. The fourth-order valence-corrected chi connectivity index (χ4v) is 9.93. The van der Waals surface area contributed by atoms with Gasteiger partial charge in [-0.15, -0.1) is 0 Å². The van der Waals surface area contributed by atoms with E-state index in [4.69, 9.17) is 30.4 Å². The van der Waals surface area contributed by atoms with Gasteiger partial charge >= 0.3 is 12.2 Å². The van der Waals surface area contributed by atoms with E-state index >= 15 is 0 Å².